The molecule has 3 N–H and O–H groups in total. The molecule has 5 atom stereocenters. The molecule has 0 radical (unpaired) electrons. The Balaban J connectivity index is 1.60. The van der Waals surface area contributed by atoms with E-state index in [1.165, 1.54) is 4.90 Å². The number of hydrogen-bond donors (Lipinski definition) is 2. The summed E-state index contributed by atoms with van der Waals surface area (Å²) in [5.41, 5.74) is 7.81. The normalized spacial score (nSPS) is 35.1. The van der Waals surface area contributed by atoms with E-state index in [9.17, 15) is 14.4 Å². The highest BCUT2D eigenvalue weighted by atomic mass is 16.2. The first-order chi connectivity index (χ1) is 13.1. The van der Waals surface area contributed by atoms with Crippen molar-refractivity contribution in [3.8, 4) is 0 Å². The van der Waals surface area contributed by atoms with Crippen molar-refractivity contribution < 1.29 is 19.3 Å². The number of carbonyl (C=O) groups is 3. The third-order valence-electron chi connectivity index (χ3n) is 6.90. The first-order valence-electron chi connectivity index (χ1n) is 9.89. The molecule has 6 nitrogen and oxygen atoms in total. The number of amides is 3. The van der Waals surface area contributed by atoms with Gasteiger partial charge in [-0.2, -0.15) is 0 Å². The van der Waals surface area contributed by atoms with Gasteiger partial charge in [0.05, 0.1) is 6.20 Å². The summed E-state index contributed by atoms with van der Waals surface area (Å²) in [4.78, 5) is 41.4. The van der Waals surface area contributed by atoms with Gasteiger partial charge in [-0.15, -0.1) is 0 Å². The van der Waals surface area contributed by atoms with Crippen LogP contribution in [0.1, 0.15) is 49.3 Å². The summed E-state index contributed by atoms with van der Waals surface area (Å²) in [5.74, 6) is -1.94. The van der Waals surface area contributed by atoms with Crippen LogP contribution in [-0.2, 0) is 14.4 Å². The number of imide groups is 1. The molecule has 4 aliphatic rings. The van der Waals surface area contributed by atoms with E-state index < -0.39 is 23.8 Å². The largest absolute Gasteiger partial charge is 0.364 e. The van der Waals surface area contributed by atoms with Crippen molar-refractivity contribution in [2.45, 2.75) is 50.2 Å². The number of nitrogens with two attached hydrogens (primary N) is 1. The van der Waals surface area contributed by atoms with E-state index in [4.69, 9.17) is 5.73 Å². The third kappa shape index (κ3) is 2.26. The smallest absolute Gasteiger partial charge is 0.277 e. The van der Waals surface area contributed by atoms with Gasteiger partial charge < -0.3 is 5.73 Å². The maximum atomic E-state index is 13.4. The van der Waals surface area contributed by atoms with Crippen LogP contribution in [0, 0.1) is 11.8 Å². The standard InChI is InChI=1S/C21H23N3O3/c22-19(25)18-16-15(17-14-9-5-4-6-12(14)10-11-23(17)18)20(26)24(21(16)27)13-7-2-1-3-8-13/h4-6,9-11,13,15-18H,1-3,7-8H2,(H2,22,25)/p+1/t15-,16+,17-,18+/m0/s1. The predicted molar refractivity (Wildman–Crippen MR) is 97.9 cm³/mol. The summed E-state index contributed by atoms with van der Waals surface area (Å²) in [6, 6.07) is 6.99. The fraction of sp³-hybridized carbons (Fsp3) is 0.476. The number of nitrogens with one attached hydrogen (secondary N) is 1. The molecule has 3 amide bonds. The fourth-order valence-corrected chi connectivity index (χ4v) is 5.80. The fourth-order valence-electron chi connectivity index (χ4n) is 5.80. The minimum atomic E-state index is -0.686. The van der Waals surface area contributed by atoms with Crippen molar-refractivity contribution in [3.63, 3.8) is 0 Å². The Labute approximate surface area is 158 Å². The number of carbonyl (C=O) groups excluding carboxylic acids is 3. The number of nitrogens with zero attached hydrogens (tertiary/aromatic N) is 1. The van der Waals surface area contributed by atoms with Gasteiger partial charge in [0.2, 0.25) is 11.8 Å². The molecule has 0 aromatic heterocycles. The quantitative estimate of drug-likeness (QED) is 0.743. The average molecular weight is 366 g/mol. The molecule has 3 heterocycles. The summed E-state index contributed by atoms with van der Waals surface area (Å²) in [6.45, 7) is 0. The predicted octanol–water partition coefficient (Wildman–Crippen LogP) is 0.398. The van der Waals surface area contributed by atoms with E-state index in [1.54, 1.807) is 0 Å². The van der Waals surface area contributed by atoms with Crippen LogP contribution in [0.5, 0.6) is 0 Å². The number of rotatable bonds is 2. The second-order valence-corrected chi connectivity index (χ2v) is 8.21. The molecule has 140 valence electrons. The second-order valence-electron chi connectivity index (χ2n) is 8.21. The van der Waals surface area contributed by atoms with E-state index in [2.05, 4.69) is 0 Å². The monoisotopic (exact) mass is 366 g/mol. The highest BCUT2D eigenvalue weighted by Gasteiger charge is 2.68. The molecule has 1 saturated carbocycles. The molecule has 6 heteroatoms. The third-order valence-corrected chi connectivity index (χ3v) is 6.90. The molecule has 3 aliphatic heterocycles. The molecule has 1 aliphatic carbocycles. The van der Waals surface area contributed by atoms with Crippen molar-refractivity contribution in [1.29, 1.82) is 0 Å². The van der Waals surface area contributed by atoms with Gasteiger partial charge in [-0.05, 0) is 24.5 Å². The highest BCUT2D eigenvalue weighted by molar-refractivity contribution is 6.08. The zero-order valence-corrected chi connectivity index (χ0v) is 15.1. The van der Waals surface area contributed by atoms with Crippen LogP contribution in [-0.4, -0.2) is 34.7 Å². The maximum absolute atomic E-state index is 13.4. The first-order valence-corrected chi connectivity index (χ1v) is 9.89. The van der Waals surface area contributed by atoms with Gasteiger partial charge in [-0.1, -0.05) is 43.5 Å². The van der Waals surface area contributed by atoms with E-state index in [0.29, 0.717) is 0 Å². The van der Waals surface area contributed by atoms with Crippen LogP contribution in [0.2, 0.25) is 0 Å². The van der Waals surface area contributed by atoms with Crippen LogP contribution in [0.15, 0.2) is 30.5 Å². The summed E-state index contributed by atoms with van der Waals surface area (Å²) < 4.78 is 0. The molecule has 0 spiro atoms. The van der Waals surface area contributed by atoms with Crippen molar-refractivity contribution in [1.82, 2.24) is 4.90 Å². The van der Waals surface area contributed by atoms with Gasteiger partial charge in [0.15, 0.2) is 6.04 Å². The Hall–Kier alpha value is -2.47. The number of benzene rings is 1. The Morgan fingerprint density at radius 3 is 2.48 bits per heavy atom. The van der Waals surface area contributed by atoms with Crippen molar-refractivity contribution in [3.05, 3.63) is 41.6 Å². The molecule has 1 aromatic carbocycles. The average Bonchev–Trinajstić information content (AvgIpc) is 3.16. The molecule has 3 fully saturated rings. The summed E-state index contributed by atoms with van der Waals surface area (Å²) >= 11 is 0. The molecule has 1 aromatic rings. The van der Waals surface area contributed by atoms with Gasteiger partial charge in [0.25, 0.3) is 5.91 Å². The van der Waals surface area contributed by atoms with Crippen LogP contribution < -0.4 is 10.6 Å². The van der Waals surface area contributed by atoms with Gasteiger partial charge in [0.1, 0.15) is 17.9 Å². The molecule has 27 heavy (non-hydrogen) atoms. The number of hydrogen-bond acceptors (Lipinski definition) is 3. The molecular formula is C21H24N3O3+. The summed E-state index contributed by atoms with van der Waals surface area (Å²) in [7, 11) is 0. The lowest BCUT2D eigenvalue weighted by Gasteiger charge is -2.33. The van der Waals surface area contributed by atoms with Crippen molar-refractivity contribution >= 4 is 23.8 Å². The molecule has 5 rings (SSSR count). The Kier molecular flexibility index (Phi) is 3.72. The Bertz CT molecular complexity index is 858. The zero-order valence-electron chi connectivity index (χ0n) is 15.1. The summed E-state index contributed by atoms with van der Waals surface area (Å²) in [6.07, 6.45) is 8.86. The minimum Gasteiger partial charge on any atom is -0.364 e. The van der Waals surface area contributed by atoms with E-state index in [-0.39, 0.29) is 23.9 Å². The summed E-state index contributed by atoms with van der Waals surface area (Å²) in [5, 5.41) is 0. The minimum absolute atomic E-state index is 0.0179. The van der Waals surface area contributed by atoms with Gasteiger partial charge in [-0.3, -0.25) is 24.2 Å². The van der Waals surface area contributed by atoms with Crippen LogP contribution >= 0.6 is 0 Å². The van der Waals surface area contributed by atoms with E-state index in [0.717, 1.165) is 48.1 Å². The number of quaternary nitrogens is 1. The van der Waals surface area contributed by atoms with Gasteiger partial charge in [0, 0.05) is 11.6 Å². The van der Waals surface area contributed by atoms with Crippen LogP contribution in [0.4, 0.5) is 0 Å². The second kappa shape index (κ2) is 6.02. The molecule has 1 unspecified atom stereocenters. The zero-order chi connectivity index (χ0) is 18.7. The number of primary amides is 1. The van der Waals surface area contributed by atoms with Gasteiger partial charge in [-0.25, -0.2) is 0 Å². The van der Waals surface area contributed by atoms with Gasteiger partial charge >= 0.3 is 0 Å². The van der Waals surface area contributed by atoms with E-state index in [1.807, 2.05) is 36.5 Å². The SMILES string of the molecule is NC(=O)[C@H]1[C@@H]2C(=O)N(C3CCCCC3)C(=O)[C@@H]2[C@@H]2c3ccccc3C=C[NH+]12. The van der Waals surface area contributed by atoms with E-state index >= 15 is 0 Å². The Morgan fingerprint density at radius 1 is 1.04 bits per heavy atom. The van der Waals surface area contributed by atoms with Crippen LogP contribution in [0.3, 0.4) is 0 Å². The maximum Gasteiger partial charge on any atom is 0.277 e. The lowest BCUT2D eigenvalue weighted by Crippen LogP contribution is -3.12. The Morgan fingerprint density at radius 2 is 1.74 bits per heavy atom. The van der Waals surface area contributed by atoms with Crippen molar-refractivity contribution in [2.24, 2.45) is 17.6 Å². The molecular weight excluding hydrogens is 342 g/mol. The number of likely N-dealkylation sites (tertiary alicyclic amines) is 1. The first kappa shape index (κ1) is 16.7. The van der Waals surface area contributed by atoms with Crippen LogP contribution in [0.25, 0.3) is 6.08 Å². The highest BCUT2D eigenvalue weighted by Crippen LogP contribution is 2.44. The molecule has 0 bridgehead atoms. The lowest BCUT2D eigenvalue weighted by atomic mass is 9.84. The van der Waals surface area contributed by atoms with Crippen molar-refractivity contribution in [2.75, 3.05) is 0 Å². The lowest BCUT2D eigenvalue weighted by molar-refractivity contribution is -0.884. The molecule has 2 saturated heterocycles. The number of fused-ring (bicyclic) bond motifs is 5. The topological polar surface area (TPSA) is 84.9 Å².